The van der Waals surface area contributed by atoms with Crippen LogP contribution in [0.1, 0.15) is 0 Å². The van der Waals surface area contributed by atoms with E-state index in [9.17, 15) is 22.4 Å². The van der Waals surface area contributed by atoms with Crippen LogP contribution in [0, 0.1) is 5.82 Å². The van der Waals surface area contributed by atoms with Crippen molar-refractivity contribution in [3.63, 3.8) is 0 Å². The van der Waals surface area contributed by atoms with E-state index in [1.54, 1.807) is 7.05 Å². The summed E-state index contributed by atoms with van der Waals surface area (Å²) in [5.41, 5.74) is 0. The monoisotopic (exact) mass is 421 g/mol. The first-order valence-corrected chi connectivity index (χ1v) is 10.2. The number of rotatable bonds is 6. The lowest BCUT2D eigenvalue weighted by atomic mass is 10.3. The average molecular weight is 422 g/mol. The lowest BCUT2D eigenvalue weighted by molar-refractivity contribution is -0.895. The summed E-state index contributed by atoms with van der Waals surface area (Å²) in [6.45, 7) is 1.54. The van der Waals surface area contributed by atoms with E-state index in [4.69, 9.17) is 11.6 Å². The van der Waals surface area contributed by atoms with E-state index in [1.807, 2.05) is 0 Å². The Bertz CT molecular complexity index is 813. The van der Waals surface area contributed by atoms with Gasteiger partial charge >= 0.3 is 0 Å². The quantitative estimate of drug-likeness (QED) is 0.589. The third-order valence-electron chi connectivity index (χ3n) is 4.44. The molecule has 1 heterocycles. The van der Waals surface area contributed by atoms with Crippen molar-refractivity contribution in [2.75, 3.05) is 53.4 Å². The summed E-state index contributed by atoms with van der Waals surface area (Å²) in [5, 5.41) is 2.21. The molecule has 1 fully saturated rings. The van der Waals surface area contributed by atoms with Crippen molar-refractivity contribution >= 4 is 33.4 Å². The van der Waals surface area contributed by atoms with Crippen LogP contribution in [0.25, 0.3) is 0 Å². The number of carbonyl (C=O) groups excluding carboxylic acids is 2. The highest BCUT2D eigenvalue weighted by molar-refractivity contribution is 7.89. The van der Waals surface area contributed by atoms with Crippen molar-refractivity contribution in [3.05, 3.63) is 29.0 Å². The van der Waals surface area contributed by atoms with E-state index < -0.39 is 15.8 Å². The third-order valence-corrected chi connectivity index (χ3v) is 6.63. The van der Waals surface area contributed by atoms with Gasteiger partial charge in [-0.05, 0) is 18.2 Å². The second-order valence-electron chi connectivity index (χ2n) is 6.33. The molecule has 1 aromatic rings. The number of sulfonamides is 1. The zero-order chi connectivity index (χ0) is 20.2. The molecule has 0 saturated carbocycles. The van der Waals surface area contributed by atoms with Gasteiger partial charge in [0.25, 0.3) is 5.91 Å². The summed E-state index contributed by atoms with van der Waals surface area (Å²) in [5.74, 6) is -1.12. The Balaban J connectivity index is 1.93. The van der Waals surface area contributed by atoms with Gasteiger partial charge in [0.1, 0.15) is 5.82 Å². The summed E-state index contributed by atoms with van der Waals surface area (Å²) >= 11 is 5.68. The molecule has 0 spiro atoms. The van der Waals surface area contributed by atoms with E-state index in [0.29, 0.717) is 13.1 Å². The van der Waals surface area contributed by atoms with Crippen LogP contribution in [0.5, 0.6) is 0 Å². The Hall–Kier alpha value is -1.75. The Kier molecular flexibility index (Phi) is 7.15. The number of hydrogen-bond donors (Lipinski definition) is 2. The van der Waals surface area contributed by atoms with Gasteiger partial charge in [-0.25, -0.2) is 12.8 Å². The maximum atomic E-state index is 13.3. The highest BCUT2D eigenvalue weighted by Gasteiger charge is 2.32. The van der Waals surface area contributed by atoms with Crippen molar-refractivity contribution in [2.24, 2.45) is 0 Å². The molecule has 1 aliphatic heterocycles. The Labute approximate surface area is 162 Å². The molecule has 0 atom stereocenters. The van der Waals surface area contributed by atoms with E-state index in [2.05, 4.69) is 5.32 Å². The first kappa shape index (κ1) is 21.5. The zero-order valence-electron chi connectivity index (χ0n) is 15.2. The predicted molar refractivity (Wildman–Crippen MR) is 97.4 cm³/mol. The van der Waals surface area contributed by atoms with Crippen LogP contribution < -0.4 is 10.2 Å². The van der Waals surface area contributed by atoms with Crippen LogP contribution in [0.15, 0.2) is 23.1 Å². The molecule has 0 unspecified atom stereocenters. The largest absolute Gasteiger partial charge is 0.358 e. The molecule has 2 rings (SSSR count). The van der Waals surface area contributed by atoms with Crippen LogP contribution in [0.4, 0.5) is 4.39 Å². The SMILES string of the molecule is CNC(=O)CN(C)C(=O)C[NH+]1CCN(S(=O)(=O)c2ccc(F)c(Cl)c2)CC1. The summed E-state index contributed by atoms with van der Waals surface area (Å²) < 4.78 is 39.9. The summed E-state index contributed by atoms with van der Waals surface area (Å²) in [4.78, 5) is 25.7. The van der Waals surface area contributed by atoms with Gasteiger partial charge < -0.3 is 15.1 Å². The molecule has 1 aliphatic rings. The van der Waals surface area contributed by atoms with Gasteiger partial charge in [0.2, 0.25) is 15.9 Å². The molecule has 0 bridgehead atoms. The number of quaternary nitrogens is 1. The number of nitrogens with zero attached hydrogens (tertiary/aromatic N) is 2. The van der Waals surface area contributed by atoms with Gasteiger partial charge in [0.05, 0.1) is 42.6 Å². The molecule has 0 aromatic heterocycles. The molecule has 2 amide bonds. The fraction of sp³-hybridized carbons (Fsp3) is 0.500. The van der Waals surface area contributed by atoms with Gasteiger partial charge in [0.15, 0.2) is 6.54 Å². The predicted octanol–water partition coefficient (Wildman–Crippen LogP) is -1.43. The Morgan fingerprint density at radius 1 is 1.33 bits per heavy atom. The maximum absolute atomic E-state index is 13.3. The van der Waals surface area contributed by atoms with Crippen molar-refractivity contribution in [1.29, 1.82) is 0 Å². The van der Waals surface area contributed by atoms with Crippen molar-refractivity contribution in [1.82, 2.24) is 14.5 Å². The second-order valence-corrected chi connectivity index (χ2v) is 8.67. The minimum atomic E-state index is -3.77. The molecular weight excluding hydrogens is 399 g/mol. The molecule has 11 heteroatoms. The normalized spacial score (nSPS) is 16.1. The highest BCUT2D eigenvalue weighted by atomic mass is 35.5. The lowest BCUT2D eigenvalue weighted by Crippen LogP contribution is -3.15. The van der Waals surface area contributed by atoms with Crippen LogP contribution in [0.3, 0.4) is 0 Å². The molecule has 1 aromatic carbocycles. The topological polar surface area (TPSA) is 91.2 Å². The maximum Gasteiger partial charge on any atom is 0.277 e. The van der Waals surface area contributed by atoms with Crippen molar-refractivity contribution in [2.45, 2.75) is 4.90 Å². The number of carbonyl (C=O) groups is 2. The van der Waals surface area contributed by atoms with Gasteiger partial charge in [0, 0.05) is 14.1 Å². The van der Waals surface area contributed by atoms with Crippen LogP contribution in [-0.2, 0) is 19.6 Å². The molecule has 27 heavy (non-hydrogen) atoms. The van der Waals surface area contributed by atoms with Gasteiger partial charge in [-0.15, -0.1) is 0 Å². The number of hydrogen-bond acceptors (Lipinski definition) is 4. The first-order chi connectivity index (χ1) is 12.6. The molecule has 2 N–H and O–H groups in total. The van der Waals surface area contributed by atoms with Gasteiger partial charge in [-0.1, -0.05) is 11.6 Å². The third kappa shape index (κ3) is 5.38. The number of nitrogens with one attached hydrogen (secondary N) is 2. The Morgan fingerprint density at radius 2 is 1.96 bits per heavy atom. The fourth-order valence-electron chi connectivity index (χ4n) is 2.74. The number of piperazine rings is 1. The van der Waals surface area contributed by atoms with E-state index in [1.165, 1.54) is 22.3 Å². The molecule has 1 saturated heterocycles. The van der Waals surface area contributed by atoms with Crippen molar-refractivity contribution in [3.8, 4) is 0 Å². The highest BCUT2D eigenvalue weighted by Crippen LogP contribution is 2.22. The van der Waals surface area contributed by atoms with Crippen molar-refractivity contribution < 1.29 is 27.3 Å². The standard InChI is InChI=1S/C16H22ClFN4O4S/c1-19-15(23)10-20(2)16(24)11-21-5-7-22(8-6-21)27(25,26)12-3-4-14(18)13(17)9-12/h3-4,9H,5-8,10-11H2,1-2H3,(H,19,23)/p+1. The molecule has 0 radical (unpaired) electrons. The van der Waals surface area contributed by atoms with Gasteiger partial charge in [-0.3, -0.25) is 9.59 Å². The molecular formula is C16H23ClFN4O4S+. The average Bonchev–Trinajstić information content (AvgIpc) is 2.64. The number of likely N-dealkylation sites (N-methyl/N-ethyl adjacent to an activating group) is 2. The minimum absolute atomic E-state index is 0.0194. The molecule has 0 aliphatic carbocycles. The zero-order valence-corrected chi connectivity index (χ0v) is 16.7. The molecule has 8 nitrogen and oxygen atoms in total. The second kappa shape index (κ2) is 8.96. The lowest BCUT2D eigenvalue weighted by Gasteiger charge is -2.31. The number of halogens is 2. The summed E-state index contributed by atoms with van der Waals surface area (Å²) in [7, 11) is -0.717. The fourth-order valence-corrected chi connectivity index (χ4v) is 4.45. The van der Waals surface area contributed by atoms with E-state index >= 15 is 0 Å². The summed E-state index contributed by atoms with van der Waals surface area (Å²) in [6, 6.07) is 3.31. The minimum Gasteiger partial charge on any atom is -0.358 e. The van der Waals surface area contributed by atoms with Crippen LogP contribution in [0.2, 0.25) is 5.02 Å². The van der Waals surface area contributed by atoms with Gasteiger partial charge in [-0.2, -0.15) is 4.31 Å². The number of amides is 2. The van der Waals surface area contributed by atoms with Crippen LogP contribution >= 0.6 is 11.6 Å². The van der Waals surface area contributed by atoms with E-state index in [-0.39, 0.29) is 47.9 Å². The summed E-state index contributed by atoms with van der Waals surface area (Å²) in [6.07, 6.45) is 0. The number of benzene rings is 1. The smallest absolute Gasteiger partial charge is 0.277 e. The molecule has 150 valence electrons. The Morgan fingerprint density at radius 3 is 2.52 bits per heavy atom. The van der Waals surface area contributed by atoms with E-state index in [0.717, 1.165) is 17.0 Å². The van der Waals surface area contributed by atoms with Crippen LogP contribution in [-0.4, -0.2) is 82.8 Å². The first-order valence-electron chi connectivity index (χ1n) is 8.38.